The summed E-state index contributed by atoms with van der Waals surface area (Å²) in [5.41, 5.74) is 2.18. The first-order valence-corrected chi connectivity index (χ1v) is 8.28. The summed E-state index contributed by atoms with van der Waals surface area (Å²) < 4.78 is 1.02. The van der Waals surface area contributed by atoms with Gasteiger partial charge in [-0.2, -0.15) is 0 Å². The molecule has 0 amide bonds. The molecular formula is C16H25BrN2O. The lowest BCUT2D eigenvalue weighted by atomic mass is 10.1. The molecule has 20 heavy (non-hydrogen) atoms. The maximum atomic E-state index is 9.98. The zero-order valence-corrected chi connectivity index (χ0v) is 14.2. The van der Waals surface area contributed by atoms with Gasteiger partial charge in [-0.05, 0) is 38.5 Å². The fourth-order valence-corrected chi connectivity index (χ4v) is 3.19. The van der Waals surface area contributed by atoms with E-state index in [1.807, 2.05) is 13.0 Å². The Labute approximate surface area is 130 Å². The van der Waals surface area contributed by atoms with Crippen LogP contribution in [-0.4, -0.2) is 42.2 Å². The fraction of sp³-hybridized carbons (Fsp3) is 0.625. The summed E-state index contributed by atoms with van der Waals surface area (Å²) >= 11 is 3.49. The van der Waals surface area contributed by atoms with Crippen molar-refractivity contribution in [3.8, 4) is 0 Å². The molecule has 0 aliphatic carbocycles. The van der Waals surface area contributed by atoms with Gasteiger partial charge in [-0.15, -0.1) is 0 Å². The van der Waals surface area contributed by atoms with Crippen LogP contribution in [0.5, 0.6) is 0 Å². The Morgan fingerprint density at radius 2 is 1.85 bits per heavy atom. The molecule has 4 heteroatoms. The van der Waals surface area contributed by atoms with Crippen molar-refractivity contribution >= 4 is 21.6 Å². The molecule has 0 radical (unpaired) electrons. The molecule has 1 aliphatic heterocycles. The number of anilines is 1. The van der Waals surface area contributed by atoms with E-state index in [1.165, 1.54) is 12.1 Å². The molecule has 1 aliphatic rings. The minimum atomic E-state index is -0.435. The van der Waals surface area contributed by atoms with E-state index in [2.05, 4.69) is 51.7 Å². The summed E-state index contributed by atoms with van der Waals surface area (Å²) in [6, 6.07) is 6.87. The Morgan fingerprint density at radius 1 is 1.20 bits per heavy atom. The molecule has 0 spiro atoms. The van der Waals surface area contributed by atoms with Crippen LogP contribution < -0.4 is 4.90 Å². The average Bonchev–Trinajstić information content (AvgIpc) is 2.46. The minimum absolute atomic E-state index is 0.435. The second-order valence-electron chi connectivity index (χ2n) is 5.66. The second kappa shape index (κ2) is 6.92. The van der Waals surface area contributed by atoms with Gasteiger partial charge in [-0.1, -0.05) is 22.9 Å². The summed E-state index contributed by atoms with van der Waals surface area (Å²) in [5, 5.41) is 9.98. The molecule has 1 aromatic carbocycles. The van der Waals surface area contributed by atoms with Crippen LogP contribution in [0.25, 0.3) is 0 Å². The third-order valence-corrected chi connectivity index (χ3v) is 4.80. The molecule has 3 nitrogen and oxygen atoms in total. The number of rotatable bonds is 4. The quantitative estimate of drug-likeness (QED) is 0.909. The van der Waals surface area contributed by atoms with Crippen LogP contribution in [0.1, 0.15) is 38.9 Å². The first kappa shape index (κ1) is 15.8. The van der Waals surface area contributed by atoms with Gasteiger partial charge in [0.1, 0.15) is 0 Å². The summed E-state index contributed by atoms with van der Waals surface area (Å²) in [4.78, 5) is 4.95. The van der Waals surface area contributed by atoms with E-state index in [1.54, 1.807) is 0 Å². The monoisotopic (exact) mass is 340 g/mol. The summed E-state index contributed by atoms with van der Waals surface area (Å²) in [6.45, 7) is 10.7. The number of nitrogens with zero attached hydrogens (tertiary/aromatic N) is 2. The highest BCUT2D eigenvalue weighted by atomic mass is 79.9. The standard InChI is InChI=1S/C16H25BrN2O/c1-4-12(2)18-7-9-19(10-8-18)16-6-5-14(17)11-15(16)13(3)20/h5-6,11-13,20H,4,7-10H2,1-3H3. The Kier molecular flexibility index (Phi) is 5.47. The molecule has 0 aromatic heterocycles. The predicted molar refractivity (Wildman–Crippen MR) is 88.3 cm³/mol. The summed E-state index contributed by atoms with van der Waals surface area (Å²) in [5.74, 6) is 0. The topological polar surface area (TPSA) is 26.7 Å². The zero-order valence-electron chi connectivity index (χ0n) is 12.6. The Balaban J connectivity index is 2.11. The van der Waals surface area contributed by atoms with E-state index in [4.69, 9.17) is 0 Å². The number of hydrogen-bond donors (Lipinski definition) is 1. The minimum Gasteiger partial charge on any atom is -0.389 e. The Hall–Kier alpha value is -0.580. The van der Waals surface area contributed by atoms with E-state index in [9.17, 15) is 5.11 Å². The molecule has 1 saturated heterocycles. The molecule has 1 aromatic rings. The zero-order chi connectivity index (χ0) is 14.7. The van der Waals surface area contributed by atoms with Gasteiger partial charge in [-0.3, -0.25) is 4.90 Å². The van der Waals surface area contributed by atoms with E-state index in [-0.39, 0.29) is 0 Å². The lowest BCUT2D eigenvalue weighted by Crippen LogP contribution is -2.49. The third kappa shape index (κ3) is 3.54. The number of halogens is 1. The largest absolute Gasteiger partial charge is 0.389 e. The average molecular weight is 341 g/mol. The highest BCUT2D eigenvalue weighted by Crippen LogP contribution is 2.30. The van der Waals surface area contributed by atoms with Gasteiger partial charge in [0, 0.05) is 47.9 Å². The molecule has 2 rings (SSSR count). The molecule has 0 bridgehead atoms. The molecule has 1 fully saturated rings. The van der Waals surface area contributed by atoms with Crippen LogP contribution in [0.15, 0.2) is 22.7 Å². The van der Waals surface area contributed by atoms with Crippen LogP contribution in [-0.2, 0) is 0 Å². The maximum Gasteiger partial charge on any atom is 0.0782 e. The molecular weight excluding hydrogens is 316 g/mol. The molecule has 1 N–H and O–H groups in total. The van der Waals surface area contributed by atoms with Crippen molar-refractivity contribution in [3.05, 3.63) is 28.2 Å². The third-order valence-electron chi connectivity index (χ3n) is 4.31. The summed E-state index contributed by atoms with van der Waals surface area (Å²) in [6.07, 6.45) is 0.770. The van der Waals surface area contributed by atoms with Crippen molar-refractivity contribution in [1.82, 2.24) is 4.90 Å². The molecule has 2 unspecified atom stereocenters. The lowest BCUT2D eigenvalue weighted by molar-refractivity contribution is 0.189. The smallest absolute Gasteiger partial charge is 0.0782 e. The first-order valence-electron chi connectivity index (χ1n) is 7.49. The maximum absolute atomic E-state index is 9.98. The summed E-state index contributed by atoms with van der Waals surface area (Å²) in [7, 11) is 0. The SMILES string of the molecule is CCC(C)N1CCN(c2ccc(Br)cc2C(C)O)CC1. The Bertz CT molecular complexity index is 442. The van der Waals surface area contributed by atoms with Crippen molar-refractivity contribution in [2.75, 3.05) is 31.1 Å². The van der Waals surface area contributed by atoms with E-state index < -0.39 is 6.10 Å². The van der Waals surface area contributed by atoms with Gasteiger partial charge in [0.2, 0.25) is 0 Å². The van der Waals surface area contributed by atoms with Crippen LogP contribution >= 0.6 is 15.9 Å². The number of hydrogen-bond acceptors (Lipinski definition) is 3. The predicted octanol–water partition coefficient (Wildman–Crippen LogP) is 3.42. The Morgan fingerprint density at radius 3 is 2.40 bits per heavy atom. The van der Waals surface area contributed by atoms with Gasteiger partial charge < -0.3 is 10.0 Å². The van der Waals surface area contributed by atoms with E-state index >= 15 is 0 Å². The highest BCUT2D eigenvalue weighted by molar-refractivity contribution is 9.10. The molecule has 112 valence electrons. The van der Waals surface area contributed by atoms with Crippen LogP contribution in [0.2, 0.25) is 0 Å². The molecule has 0 saturated carbocycles. The van der Waals surface area contributed by atoms with E-state index in [0.29, 0.717) is 6.04 Å². The van der Waals surface area contributed by atoms with Crippen molar-refractivity contribution in [2.24, 2.45) is 0 Å². The van der Waals surface area contributed by atoms with Gasteiger partial charge in [0.25, 0.3) is 0 Å². The number of aliphatic hydroxyl groups excluding tert-OH is 1. The van der Waals surface area contributed by atoms with Crippen LogP contribution in [0.3, 0.4) is 0 Å². The second-order valence-corrected chi connectivity index (χ2v) is 6.58. The van der Waals surface area contributed by atoms with Crippen LogP contribution in [0, 0.1) is 0 Å². The van der Waals surface area contributed by atoms with Crippen molar-refractivity contribution in [1.29, 1.82) is 0 Å². The number of piperazine rings is 1. The van der Waals surface area contributed by atoms with Crippen LogP contribution in [0.4, 0.5) is 5.69 Å². The van der Waals surface area contributed by atoms with Gasteiger partial charge >= 0.3 is 0 Å². The fourth-order valence-electron chi connectivity index (χ4n) is 2.81. The number of benzene rings is 1. The van der Waals surface area contributed by atoms with E-state index in [0.717, 1.165) is 36.2 Å². The van der Waals surface area contributed by atoms with Crippen molar-refractivity contribution < 1.29 is 5.11 Å². The van der Waals surface area contributed by atoms with Crippen molar-refractivity contribution in [3.63, 3.8) is 0 Å². The normalized spacial score (nSPS) is 19.9. The molecule has 2 atom stereocenters. The number of aliphatic hydroxyl groups is 1. The lowest BCUT2D eigenvalue weighted by Gasteiger charge is -2.39. The van der Waals surface area contributed by atoms with Gasteiger partial charge in [0.15, 0.2) is 0 Å². The van der Waals surface area contributed by atoms with Crippen molar-refractivity contribution in [2.45, 2.75) is 39.3 Å². The highest BCUT2D eigenvalue weighted by Gasteiger charge is 2.22. The van der Waals surface area contributed by atoms with Gasteiger partial charge in [0.05, 0.1) is 6.10 Å². The first-order chi connectivity index (χ1) is 9.52. The van der Waals surface area contributed by atoms with Gasteiger partial charge in [-0.25, -0.2) is 0 Å². The molecule has 1 heterocycles.